The van der Waals surface area contributed by atoms with E-state index in [1.807, 2.05) is 10.9 Å². The zero-order chi connectivity index (χ0) is 14.0. The van der Waals surface area contributed by atoms with Gasteiger partial charge in [0.2, 0.25) is 0 Å². The average Bonchev–Trinajstić information content (AvgIpc) is 2.29. The fraction of sp³-hybridized carbons (Fsp3) is 0.600. The summed E-state index contributed by atoms with van der Waals surface area (Å²) in [5.74, 6) is -1.93. The molecule has 0 aromatic carbocycles. The van der Waals surface area contributed by atoms with E-state index in [0.29, 0.717) is 0 Å². The first-order chi connectivity index (χ1) is 8.43. The van der Waals surface area contributed by atoms with Crippen LogP contribution in [-0.4, -0.2) is 46.7 Å². The number of amides is 2. The van der Waals surface area contributed by atoms with E-state index in [-0.39, 0.29) is 12.8 Å². The maximum Gasteiger partial charge on any atom is 0.331 e. The highest BCUT2D eigenvalue weighted by atomic mass is 16.3. The Balaban J connectivity index is 3.86. The highest BCUT2D eigenvalue weighted by molar-refractivity contribution is 6.35. The fourth-order valence-corrected chi connectivity index (χ4v) is 0.721. The molecule has 0 spiro atoms. The number of rotatable bonds is 6. The van der Waals surface area contributed by atoms with E-state index < -0.39 is 24.0 Å². The van der Waals surface area contributed by atoms with Crippen molar-refractivity contribution in [2.45, 2.75) is 38.9 Å². The van der Waals surface area contributed by atoms with Crippen LogP contribution >= 0.6 is 0 Å². The molecule has 8 nitrogen and oxygen atoms in total. The number of hydrogen-bond donors (Lipinski definition) is 4. The van der Waals surface area contributed by atoms with Crippen LogP contribution in [0.2, 0.25) is 0 Å². The van der Waals surface area contributed by atoms with Crippen LogP contribution in [0.15, 0.2) is 10.2 Å². The molecular formula is C10H18N4O4. The van der Waals surface area contributed by atoms with Crippen molar-refractivity contribution in [3.8, 4) is 0 Å². The van der Waals surface area contributed by atoms with Gasteiger partial charge in [0.05, 0.1) is 12.2 Å². The summed E-state index contributed by atoms with van der Waals surface area (Å²) in [4.78, 5) is 22.2. The zero-order valence-electron chi connectivity index (χ0n) is 10.3. The zero-order valence-corrected chi connectivity index (χ0v) is 10.3. The molecule has 0 aliphatic carbocycles. The molecule has 0 aliphatic rings. The molecule has 0 rings (SSSR count). The van der Waals surface area contributed by atoms with Crippen LogP contribution in [0, 0.1) is 0 Å². The van der Waals surface area contributed by atoms with Gasteiger partial charge in [0.1, 0.15) is 0 Å². The number of aliphatic hydroxyl groups excluding tert-OH is 2. The molecule has 2 atom stereocenters. The Bertz CT molecular complexity index is 294. The van der Waals surface area contributed by atoms with Crippen molar-refractivity contribution in [3.05, 3.63) is 0 Å². The lowest BCUT2D eigenvalue weighted by atomic mass is 10.3. The topological polar surface area (TPSA) is 123 Å². The Morgan fingerprint density at radius 1 is 1.00 bits per heavy atom. The van der Waals surface area contributed by atoms with Crippen molar-refractivity contribution in [2.75, 3.05) is 0 Å². The van der Waals surface area contributed by atoms with E-state index in [4.69, 9.17) is 10.2 Å². The minimum absolute atomic E-state index is 0.272. The molecule has 0 bridgehead atoms. The number of nitrogens with zero attached hydrogens (tertiary/aromatic N) is 2. The molecule has 8 heteroatoms. The third-order valence-corrected chi connectivity index (χ3v) is 1.61. The number of carbonyl (C=O) groups is 2. The van der Waals surface area contributed by atoms with Gasteiger partial charge in [0.25, 0.3) is 0 Å². The molecule has 0 aromatic heterocycles. The van der Waals surface area contributed by atoms with Gasteiger partial charge in [-0.3, -0.25) is 9.59 Å². The van der Waals surface area contributed by atoms with Crippen LogP contribution in [0.5, 0.6) is 0 Å². The molecule has 0 fully saturated rings. The van der Waals surface area contributed by atoms with E-state index in [0.717, 1.165) is 0 Å². The highest BCUT2D eigenvalue weighted by Crippen LogP contribution is 1.84. The van der Waals surface area contributed by atoms with E-state index >= 15 is 0 Å². The molecule has 102 valence electrons. The molecule has 4 N–H and O–H groups in total. The molecule has 0 aromatic rings. The number of aliphatic hydroxyl groups is 2. The summed E-state index contributed by atoms with van der Waals surface area (Å²) in [6, 6.07) is 0. The highest BCUT2D eigenvalue weighted by Gasteiger charge is 2.10. The first-order valence-electron chi connectivity index (χ1n) is 5.43. The predicted octanol–water partition coefficient (Wildman–Crippen LogP) is -1.27. The van der Waals surface area contributed by atoms with E-state index in [9.17, 15) is 9.59 Å². The molecule has 0 radical (unpaired) electrons. The number of carbonyl (C=O) groups excluding carboxylic acids is 2. The second-order valence-electron chi connectivity index (χ2n) is 3.67. The van der Waals surface area contributed by atoms with Gasteiger partial charge in [0, 0.05) is 25.3 Å². The molecule has 0 aliphatic heterocycles. The van der Waals surface area contributed by atoms with Gasteiger partial charge in [-0.1, -0.05) is 0 Å². The number of nitrogens with one attached hydrogen (secondary N) is 2. The van der Waals surface area contributed by atoms with E-state index in [1.54, 1.807) is 13.8 Å². The van der Waals surface area contributed by atoms with E-state index in [1.165, 1.54) is 12.4 Å². The molecule has 18 heavy (non-hydrogen) atoms. The monoisotopic (exact) mass is 258 g/mol. The standard InChI is InChI=1S/C10H18N4O4/c1-7(15)3-5-11-13-9(17)10(18)14-12-6-4-8(2)16/h5-8,15-16H,3-4H2,1-2H3,(H,13,17)(H,14,18)/b11-5+,12-6+. The largest absolute Gasteiger partial charge is 0.393 e. The first-order valence-corrected chi connectivity index (χ1v) is 5.43. The van der Waals surface area contributed by atoms with Gasteiger partial charge in [-0.2, -0.15) is 10.2 Å². The molecule has 2 unspecified atom stereocenters. The Hall–Kier alpha value is -1.80. The van der Waals surface area contributed by atoms with Crippen molar-refractivity contribution in [2.24, 2.45) is 10.2 Å². The van der Waals surface area contributed by atoms with Crippen molar-refractivity contribution >= 4 is 24.2 Å². The van der Waals surface area contributed by atoms with Gasteiger partial charge in [-0.25, -0.2) is 10.9 Å². The van der Waals surface area contributed by atoms with Gasteiger partial charge in [0.15, 0.2) is 0 Å². The Kier molecular flexibility index (Phi) is 8.33. The van der Waals surface area contributed by atoms with Gasteiger partial charge >= 0.3 is 11.8 Å². The molecule has 2 amide bonds. The van der Waals surface area contributed by atoms with Crippen LogP contribution in [0.3, 0.4) is 0 Å². The summed E-state index contributed by atoms with van der Waals surface area (Å²) >= 11 is 0. The Labute approximate surface area is 105 Å². The third-order valence-electron chi connectivity index (χ3n) is 1.61. The maximum atomic E-state index is 11.1. The maximum absolute atomic E-state index is 11.1. The van der Waals surface area contributed by atoms with Crippen molar-refractivity contribution in [1.82, 2.24) is 10.9 Å². The quantitative estimate of drug-likeness (QED) is 0.269. The lowest BCUT2D eigenvalue weighted by molar-refractivity contribution is -0.139. The van der Waals surface area contributed by atoms with Crippen molar-refractivity contribution in [1.29, 1.82) is 0 Å². The van der Waals surface area contributed by atoms with Crippen molar-refractivity contribution < 1.29 is 19.8 Å². The molecule has 0 saturated carbocycles. The summed E-state index contributed by atoms with van der Waals surface area (Å²) in [5, 5.41) is 24.7. The fourth-order valence-electron chi connectivity index (χ4n) is 0.721. The summed E-state index contributed by atoms with van der Waals surface area (Å²) in [5.41, 5.74) is 3.94. The molecular weight excluding hydrogens is 240 g/mol. The van der Waals surface area contributed by atoms with E-state index in [2.05, 4.69) is 10.2 Å². The second kappa shape index (κ2) is 9.25. The SMILES string of the molecule is CC(O)C/C=N/NC(=O)C(=O)N/N=C/CC(C)O. The number of hydrogen-bond acceptors (Lipinski definition) is 6. The minimum atomic E-state index is -0.967. The third kappa shape index (κ3) is 9.43. The summed E-state index contributed by atoms with van der Waals surface area (Å²) < 4.78 is 0. The normalized spacial score (nSPS) is 14.7. The van der Waals surface area contributed by atoms with Gasteiger partial charge in [-0.15, -0.1) is 0 Å². The van der Waals surface area contributed by atoms with Crippen LogP contribution in [-0.2, 0) is 9.59 Å². The van der Waals surface area contributed by atoms with Crippen LogP contribution in [0.4, 0.5) is 0 Å². The molecule has 0 heterocycles. The smallest absolute Gasteiger partial charge is 0.331 e. The lowest BCUT2D eigenvalue weighted by Gasteiger charge is -1.99. The lowest BCUT2D eigenvalue weighted by Crippen LogP contribution is -2.35. The van der Waals surface area contributed by atoms with Gasteiger partial charge < -0.3 is 10.2 Å². The van der Waals surface area contributed by atoms with Crippen LogP contribution in [0.1, 0.15) is 26.7 Å². The second-order valence-corrected chi connectivity index (χ2v) is 3.67. The minimum Gasteiger partial charge on any atom is -0.393 e. The average molecular weight is 258 g/mol. The summed E-state index contributed by atoms with van der Waals surface area (Å²) in [7, 11) is 0. The number of hydrazone groups is 2. The Morgan fingerprint density at radius 2 is 1.33 bits per heavy atom. The molecule has 0 saturated heterocycles. The van der Waals surface area contributed by atoms with Crippen LogP contribution in [0.25, 0.3) is 0 Å². The van der Waals surface area contributed by atoms with Gasteiger partial charge in [-0.05, 0) is 13.8 Å². The van der Waals surface area contributed by atoms with Crippen LogP contribution < -0.4 is 10.9 Å². The predicted molar refractivity (Wildman–Crippen MR) is 65.9 cm³/mol. The van der Waals surface area contributed by atoms with Crippen molar-refractivity contribution in [3.63, 3.8) is 0 Å². The summed E-state index contributed by atoms with van der Waals surface area (Å²) in [6.07, 6.45) is 1.98. The first kappa shape index (κ1) is 16.2. The summed E-state index contributed by atoms with van der Waals surface area (Å²) in [6.45, 7) is 3.13. The Morgan fingerprint density at radius 3 is 1.61 bits per heavy atom.